The van der Waals surface area contributed by atoms with Gasteiger partial charge >= 0.3 is 0 Å². The number of aromatic nitrogens is 4. The van der Waals surface area contributed by atoms with Gasteiger partial charge in [-0.15, -0.1) is 0 Å². The summed E-state index contributed by atoms with van der Waals surface area (Å²) in [6.07, 6.45) is 1.58. The number of alkyl halides is 2. The monoisotopic (exact) mass is 331 g/mol. The molecule has 0 aliphatic rings. The van der Waals surface area contributed by atoms with E-state index in [4.69, 9.17) is 0 Å². The quantitative estimate of drug-likeness (QED) is 0.800. The lowest BCUT2D eigenvalue weighted by molar-refractivity contribution is -0.114. The molecule has 0 saturated carbocycles. The average molecular weight is 331 g/mol. The molecule has 0 saturated heterocycles. The van der Waals surface area contributed by atoms with Crippen molar-refractivity contribution in [3.05, 3.63) is 41.9 Å². The molecule has 0 aliphatic carbocycles. The normalized spacial score (nSPS) is 11.7. The number of anilines is 1. The molecule has 0 unspecified atom stereocenters. The number of nitrogens with one attached hydrogen (secondary N) is 1. The topological polar surface area (TPSA) is 72.7 Å². The molecule has 3 heterocycles. The molecule has 6 nitrogen and oxygen atoms in total. The first-order chi connectivity index (χ1) is 11.3. The molecule has 0 aliphatic heterocycles. The van der Waals surface area contributed by atoms with Gasteiger partial charge in [0.1, 0.15) is 11.5 Å². The standard InChI is InChI=1S/C16H15F2N5O/c1-9-11-8-19-14(20-10(2)24)7-12(11)23(22-9)15-6-4-5-13(21-15)16(3,17)18/h4-8H,1-3H3,(H,19,20,24). The Balaban J connectivity index is 2.17. The molecule has 8 heteroatoms. The van der Waals surface area contributed by atoms with E-state index in [-0.39, 0.29) is 17.4 Å². The number of nitrogens with zero attached hydrogens (tertiary/aromatic N) is 4. The highest BCUT2D eigenvalue weighted by molar-refractivity contribution is 5.91. The second-order valence-electron chi connectivity index (χ2n) is 5.53. The summed E-state index contributed by atoms with van der Waals surface area (Å²) in [4.78, 5) is 19.4. The van der Waals surface area contributed by atoms with Gasteiger partial charge in [-0.1, -0.05) is 6.07 Å². The Morgan fingerprint density at radius 1 is 1.33 bits per heavy atom. The average Bonchev–Trinajstić information content (AvgIpc) is 2.83. The number of fused-ring (bicyclic) bond motifs is 1. The third-order valence-corrected chi connectivity index (χ3v) is 3.46. The van der Waals surface area contributed by atoms with Crippen LogP contribution in [-0.2, 0) is 10.7 Å². The molecule has 0 atom stereocenters. The van der Waals surface area contributed by atoms with Crippen molar-refractivity contribution in [1.29, 1.82) is 0 Å². The van der Waals surface area contributed by atoms with Gasteiger partial charge in [-0.2, -0.15) is 13.9 Å². The fourth-order valence-electron chi connectivity index (χ4n) is 2.37. The van der Waals surface area contributed by atoms with Crippen LogP contribution in [0.4, 0.5) is 14.6 Å². The zero-order valence-electron chi connectivity index (χ0n) is 13.3. The van der Waals surface area contributed by atoms with Crippen molar-refractivity contribution >= 4 is 22.6 Å². The SMILES string of the molecule is CC(=O)Nc1cc2c(cn1)c(C)nn2-c1cccc(C(C)(F)F)n1. The maximum Gasteiger partial charge on any atom is 0.287 e. The van der Waals surface area contributed by atoms with Crippen LogP contribution in [0.3, 0.4) is 0 Å². The lowest BCUT2D eigenvalue weighted by atomic mass is 10.2. The van der Waals surface area contributed by atoms with E-state index in [2.05, 4.69) is 20.4 Å². The van der Waals surface area contributed by atoms with Gasteiger partial charge in [0.2, 0.25) is 5.91 Å². The Kier molecular flexibility index (Phi) is 3.75. The molecule has 0 fully saturated rings. The number of hydrogen-bond acceptors (Lipinski definition) is 4. The second-order valence-corrected chi connectivity index (χ2v) is 5.53. The highest BCUT2D eigenvalue weighted by Gasteiger charge is 2.26. The molecule has 0 spiro atoms. The number of rotatable bonds is 3. The Bertz CT molecular complexity index is 930. The molecule has 0 aromatic carbocycles. The fourth-order valence-corrected chi connectivity index (χ4v) is 2.37. The van der Waals surface area contributed by atoms with E-state index in [0.29, 0.717) is 17.0 Å². The summed E-state index contributed by atoms with van der Waals surface area (Å²) in [5.41, 5.74) is 0.968. The molecular weight excluding hydrogens is 316 g/mol. The zero-order chi connectivity index (χ0) is 17.5. The number of amides is 1. The maximum absolute atomic E-state index is 13.5. The van der Waals surface area contributed by atoms with Crippen molar-refractivity contribution in [1.82, 2.24) is 19.7 Å². The van der Waals surface area contributed by atoms with E-state index < -0.39 is 5.92 Å². The Morgan fingerprint density at radius 3 is 2.75 bits per heavy atom. The van der Waals surface area contributed by atoms with Gasteiger partial charge in [0.05, 0.1) is 11.2 Å². The van der Waals surface area contributed by atoms with Crippen LogP contribution in [0.15, 0.2) is 30.5 Å². The molecule has 3 aromatic rings. The minimum absolute atomic E-state index is 0.254. The predicted octanol–water partition coefficient (Wildman–Crippen LogP) is 3.19. The number of halogens is 2. The van der Waals surface area contributed by atoms with E-state index >= 15 is 0 Å². The molecule has 0 radical (unpaired) electrons. The second kappa shape index (κ2) is 5.63. The van der Waals surface area contributed by atoms with Crippen LogP contribution >= 0.6 is 0 Å². The lowest BCUT2D eigenvalue weighted by Crippen LogP contribution is -2.12. The van der Waals surface area contributed by atoms with Crippen LogP contribution in [0.5, 0.6) is 0 Å². The van der Waals surface area contributed by atoms with Gasteiger partial charge in [0.15, 0.2) is 5.82 Å². The number of hydrogen-bond donors (Lipinski definition) is 1. The minimum Gasteiger partial charge on any atom is -0.311 e. The molecule has 3 rings (SSSR count). The van der Waals surface area contributed by atoms with Gasteiger partial charge in [0.25, 0.3) is 5.92 Å². The summed E-state index contributed by atoms with van der Waals surface area (Å²) < 4.78 is 28.5. The molecule has 124 valence electrons. The van der Waals surface area contributed by atoms with Gasteiger partial charge in [0, 0.05) is 31.5 Å². The molecular formula is C16H15F2N5O. The summed E-state index contributed by atoms with van der Waals surface area (Å²) in [5, 5.41) is 7.70. The number of carbonyl (C=O) groups excluding carboxylic acids is 1. The van der Waals surface area contributed by atoms with Crippen molar-refractivity contribution in [3.63, 3.8) is 0 Å². The van der Waals surface area contributed by atoms with Crippen LogP contribution < -0.4 is 5.32 Å². The van der Waals surface area contributed by atoms with Crippen LogP contribution in [-0.4, -0.2) is 25.7 Å². The molecule has 24 heavy (non-hydrogen) atoms. The maximum atomic E-state index is 13.5. The van der Waals surface area contributed by atoms with Gasteiger partial charge in [-0.25, -0.2) is 14.6 Å². The van der Waals surface area contributed by atoms with Crippen LogP contribution in [0.2, 0.25) is 0 Å². The van der Waals surface area contributed by atoms with Crippen LogP contribution in [0.1, 0.15) is 25.2 Å². The third-order valence-electron chi connectivity index (χ3n) is 3.46. The number of aryl methyl sites for hydroxylation is 1. The first kappa shape index (κ1) is 16.0. The smallest absolute Gasteiger partial charge is 0.287 e. The fraction of sp³-hybridized carbons (Fsp3) is 0.250. The Hall–Kier alpha value is -2.90. The van der Waals surface area contributed by atoms with E-state index in [1.54, 1.807) is 25.3 Å². The molecule has 1 amide bonds. The van der Waals surface area contributed by atoms with Crippen molar-refractivity contribution in [3.8, 4) is 5.82 Å². The molecule has 1 N–H and O–H groups in total. The van der Waals surface area contributed by atoms with E-state index in [0.717, 1.165) is 12.3 Å². The lowest BCUT2D eigenvalue weighted by Gasteiger charge is -2.11. The zero-order valence-corrected chi connectivity index (χ0v) is 13.3. The highest BCUT2D eigenvalue weighted by atomic mass is 19.3. The van der Waals surface area contributed by atoms with Crippen molar-refractivity contribution in [2.45, 2.75) is 26.7 Å². The minimum atomic E-state index is -3.04. The number of pyridine rings is 2. The van der Waals surface area contributed by atoms with E-state index in [1.807, 2.05) is 0 Å². The van der Waals surface area contributed by atoms with Crippen molar-refractivity contribution < 1.29 is 13.6 Å². The summed E-state index contributed by atoms with van der Waals surface area (Å²) in [6, 6.07) is 6.01. The van der Waals surface area contributed by atoms with Crippen molar-refractivity contribution in [2.75, 3.05) is 5.32 Å². The molecule has 3 aromatic heterocycles. The summed E-state index contributed by atoms with van der Waals surface area (Å²) in [6.45, 7) is 3.96. The van der Waals surface area contributed by atoms with Crippen molar-refractivity contribution in [2.24, 2.45) is 0 Å². The van der Waals surface area contributed by atoms with Gasteiger partial charge < -0.3 is 5.32 Å². The van der Waals surface area contributed by atoms with Gasteiger partial charge in [-0.05, 0) is 19.1 Å². The summed E-state index contributed by atoms with van der Waals surface area (Å²) >= 11 is 0. The first-order valence-electron chi connectivity index (χ1n) is 7.24. The summed E-state index contributed by atoms with van der Waals surface area (Å²) in [7, 11) is 0. The largest absolute Gasteiger partial charge is 0.311 e. The van der Waals surface area contributed by atoms with Crippen LogP contribution in [0, 0.1) is 6.92 Å². The Morgan fingerprint density at radius 2 is 2.08 bits per heavy atom. The third kappa shape index (κ3) is 2.94. The van der Waals surface area contributed by atoms with Gasteiger partial charge in [-0.3, -0.25) is 4.79 Å². The highest BCUT2D eigenvalue weighted by Crippen LogP contribution is 2.27. The first-order valence-corrected chi connectivity index (χ1v) is 7.24. The molecule has 0 bridgehead atoms. The van der Waals surface area contributed by atoms with E-state index in [1.165, 1.54) is 23.7 Å². The van der Waals surface area contributed by atoms with E-state index in [9.17, 15) is 13.6 Å². The van der Waals surface area contributed by atoms with Crippen LogP contribution in [0.25, 0.3) is 16.7 Å². The summed E-state index contributed by atoms with van der Waals surface area (Å²) in [5.74, 6) is -2.67. The Labute approximate surface area is 136 Å². The predicted molar refractivity (Wildman–Crippen MR) is 85.3 cm³/mol. The number of carbonyl (C=O) groups is 1.